The fourth-order valence-electron chi connectivity index (χ4n) is 5.97. The molecule has 0 spiro atoms. The van der Waals surface area contributed by atoms with Crippen LogP contribution in [0.15, 0.2) is 72.9 Å². The van der Waals surface area contributed by atoms with Gasteiger partial charge in [-0.2, -0.15) is 0 Å². The molecule has 3 aliphatic heterocycles. The molecule has 190 valence electrons. The standard InChI is InChI=1S/C29H23N3O6/c1-16-7-10-19(32(36)37)15-22(16)31-28(34)23-24(29(31)35)26(27(33)18-8-11-20(38-2)12-9-18)30-14-13-17-5-3-4-6-21(17)25(23)30/h3-15,23-26H,1-2H3/t23-,24+,25?,26-/m0/s1. The van der Waals surface area contributed by atoms with Gasteiger partial charge in [0.2, 0.25) is 11.8 Å². The first-order valence-corrected chi connectivity index (χ1v) is 12.2. The summed E-state index contributed by atoms with van der Waals surface area (Å²) < 4.78 is 5.21. The number of nitro groups is 1. The predicted octanol–water partition coefficient (Wildman–Crippen LogP) is 4.31. The lowest BCUT2D eigenvalue weighted by molar-refractivity contribution is -0.384. The SMILES string of the molecule is COc1ccc(C(=O)[C@@H]2[C@@H]3C(=O)N(c4cc([N+](=O)[O-])ccc4C)C(=O)[C@@H]3C3c4ccccc4C=CN32)cc1. The molecule has 6 rings (SSSR count). The summed E-state index contributed by atoms with van der Waals surface area (Å²) in [5.74, 6) is -2.48. The minimum absolute atomic E-state index is 0.172. The third kappa shape index (κ3) is 3.35. The molecule has 0 saturated carbocycles. The average molecular weight is 510 g/mol. The summed E-state index contributed by atoms with van der Waals surface area (Å²) in [6.45, 7) is 1.69. The van der Waals surface area contributed by atoms with Gasteiger partial charge < -0.3 is 9.64 Å². The van der Waals surface area contributed by atoms with Crippen LogP contribution in [0.1, 0.15) is 33.1 Å². The average Bonchev–Trinajstić information content (AvgIpc) is 3.41. The van der Waals surface area contributed by atoms with Crippen LogP contribution in [0.5, 0.6) is 5.75 Å². The van der Waals surface area contributed by atoms with E-state index in [9.17, 15) is 24.5 Å². The van der Waals surface area contributed by atoms with Gasteiger partial charge in [-0.3, -0.25) is 24.5 Å². The lowest BCUT2D eigenvalue weighted by Crippen LogP contribution is -2.44. The van der Waals surface area contributed by atoms with Crippen molar-refractivity contribution in [2.24, 2.45) is 11.8 Å². The van der Waals surface area contributed by atoms with Crippen molar-refractivity contribution in [3.05, 3.63) is 105 Å². The molecular weight excluding hydrogens is 486 g/mol. The van der Waals surface area contributed by atoms with Crippen LogP contribution in [0.3, 0.4) is 0 Å². The fourth-order valence-corrected chi connectivity index (χ4v) is 5.97. The zero-order chi connectivity index (χ0) is 26.7. The Morgan fingerprint density at radius 3 is 2.39 bits per heavy atom. The van der Waals surface area contributed by atoms with Crippen molar-refractivity contribution in [3.8, 4) is 5.75 Å². The summed E-state index contributed by atoms with van der Waals surface area (Å²) in [5.41, 5.74) is 2.67. The predicted molar refractivity (Wildman–Crippen MR) is 138 cm³/mol. The van der Waals surface area contributed by atoms with Gasteiger partial charge in [-0.25, -0.2) is 4.90 Å². The van der Waals surface area contributed by atoms with Crippen molar-refractivity contribution >= 4 is 35.0 Å². The third-order valence-corrected chi connectivity index (χ3v) is 7.75. The molecule has 9 heteroatoms. The number of carbonyl (C=O) groups excluding carboxylic acids is 3. The lowest BCUT2D eigenvalue weighted by Gasteiger charge is -2.35. The van der Waals surface area contributed by atoms with Crippen molar-refractivity contribution in [1.29, 1.82) is 0 Å². The first kappa shape index (κ1) is 23.6. The van der Waals surface area contributed by atoms with E-state index in [0.717, 1.165) is 16.0 Å². The quantitative estimate of drug-likeness (QED) is 0.218. The molecule has 9 nitrogen and oxygen atoms in total. The molecule has 0 bridgehead atoms. The Labute approximate surface area is 218 Å². The van der Waals surface area contributed by atoms with Crippen LogP contribution in [0, 0.1) is 28.9 Å². The van der Waals surface area contributed by atoms with Crippen molar-refractivity contribution < 1.29 is 24.0 Å². The smallest absolute Gasteiger partial charge is 0.271 e. The molecule has 0 aliphatic carbocycles. The van der Waals surface area contributed by atoms with Gasteiger partial charge in [0.15, 0.2) is 5.78 Å². The van der Waals surface area contributed by atoms with Crippen molar-refractivity contribution in [2.75, 3.05) is 12.0 Å². The Bertz CT molecular complexity index is 1550. The van der Waals surface area contributed by atoms with Crippen molar-refractivity contribution in [2.45, 2.75) is 19.0 Å². The first-order chi connectivity index (χ1) is 18.3. The number of aryl methyl sites for hydroxylation is 1. The van der Waals surface area contributed by atoms with E-state index < -0.39 is 40.7 Å². The Kier molecular flexibility index (Phi) is 5.37. The number of non-ortho nitro benzene ring substituents is 1. The van der Waals surface area contributed by atoms with Crippen molar-refractivity contribution in [3.63, 3.8) is 0 Å². The normalized spacial score (nSPS) is 23.2. The monoisotopic (exact) mass is 509 g/mol. The number of hydrogen-bond acceptors (Lipinski definition) is 7. The molecule has 2 amide bonds. The fraction of sp³-hybridized carbons (Fsp3) is 0.207. The Morgan fingerprint density at radius 1 is 0.974 bits per heavy atom. The summed E-state index contributed by atoms with van der Waals surface area (Å²) in [5, 5.41) is 11.5. The van der Waals surface area contributed by atoms with Crippen molar-refractivity contribution in [1.82, 2.24) is 4.90 Å². The molecule has 3 aromatic carbocycles. The molecule has 0 radical (unpaired) electrons. The van der Waals surface area contributed by atoms with Gasteiger partial charge in [0.25, 0.3) is 5.69 Å². The molecule has 1 unspecified atom stereocenters. The Balaban J connectivity index is 1.49. The van der Waals surface area contributed by atoms with E-state index in [1.165, 1.54) is 25.3 Å². The number of anilines is 1. The van der Waals surface area contributed by atoms with Crippen LogP contribution < -0.4 is 9.64 Å². The third-order valence-electron chi connectivity index (χ3n) is 7.75. The van der Waals surface area contributed by atoms with Crippen LogP contribution >= 0.6 is 0 Å². The topological polar surface area (TPSA) is 110 Å². The second kappa shape index (κ2) is 8.65. The lowest BCUT2D eigenvalue weighted by atomic mass is 9.83. The zero-order valence-electron chi connectivity index (χ0n) is 20.6. The number of imide groups is 1. The molecular formula is C29H23N3O6. The molecule has 2 saturated heterocycles. The number of fused-ring (bicyclic) bond motifs is 5. The second-order valence-electron chi connectivity index (χ2n) is 9.67. The summed E-state index contributed by atoms with van der Waals surface area (Å²) in [7, 11) is 1.53. The highest BCUT2D eigenvalue weighted by molar-refractivity contribution is 6.25. The molecule has 3 heterocycles. The van der Waals surface area contributed by atoms with Crippen LogP contribution in [0.4, 0.5) is 11.4 Å². The van der Waals surface area contributed by atoms with Crippen LogP contribution in [0.25, 0.3) is 6.08 Å². The van der Waals surface area contributed by atoms with Gasteiger partial charge in [0.1, 0.15) is 11.8 Å². The summed E-state index contributed by atoms with van der Waals surface area (Å²) >= 11 is 0. The number of nitrogens with zero attached hydrogens (tertiary/aromatic N) is 3. The van der Waals surface area contributed by atoms with Gasteiger partial charge >= 0.3 is 0 Å². The van der Waals surface area contributed by atoms with E-state index in [4.69, 9.17) is 4.74 Å². The van der Waals surface area contributed by atoms with Crippen LogP contribution in [-0.4, -0.2) is 40.6 Å². The number of carbonyl (C=O) groups is 3. The molecule has 4 atom stereocenters. The maximum absolute atomic E-state index is 14.0. The second-order valence-corrected chi connectivity index (χ2v) is 9.67. The van der Waals surface area contributed by atoms with E-state index in [2.05, 4.69) is 0 Å². The summed E-state index contributed by atoms with van der Waals surface area (Å²) in [6.07, 6.45) is 3.68. The molecule has 0 aromatic heterocycles. The van der Waals surface area contributed by atoms with Crippen LogP contribution in [0.2, 0.25) is 0 Å². The first-order valence-electron chi connectivity index (χ1n) is 12.2. The van der Waals surface area contributed by atoms with E-state index in [0.29, 0.717) is 16.9 Å². The zero-order valence-corrected chi connectivity index (χ0v) is 20.6. The Hall–Kier alpha value is -4.79. The number of rotatable bonds is 5. The largest absolute Gasteiger partial charge is 0.497 e. The highest BCUT2D eigenvalue weighted by atomic mass is 16.6. The number of amides is 2. The number of methoxy groups -OCH3 is 1. The molecule has 0 N–H and O–H groups in total. The highest BCUT2D eigenvalue weighted by Crippen LogP contribution is 2.54. The van der Waals surface area contributed by atoms with E-state index in [1.54, 1.807) is 37.4 Å². The molecule has 2 fully saturated rings. The van der Waals surface area contributed by atoms with Gasteiger partial charge in [-0.1, -0.05) is 30.3 Å². The molecule has 3 aromatic rings. The van der Waals surface area contributed by atoms with Gasteiger partial charge in [-0.15, -0.1) is 0 Å². The maximum Gasteiger partial charge on any atom is 0.271 e. The molecule has 38 heavy (non-hydrogen) atoms. The van der Waals surface area contributed by atoms with Gasteiger partial charge in [-0.05, 0) is 54.0 Å². The Morgan fingerprint density at radius 2 is 1.68 bits per heavy atom. The number of hydrogen-bond donors (Lipinski definition) is 0. The van der Waals surface area contributed by atoms with E-state index >= 15 is 0 Å². The molecule has 3 aliphatic rings. The van der Waals surface area contributed by atoms with E-state index in [-0.39, 0.29) is 17.2 Å². The van der Waals surface area contributed by atoms with Gasteiger partial charge in [0.05, 0.1) is 35.6 Å². The minimum Gasteiger partial charge on any atom is -0.497 e. The minimum atomic E-state index is -0.962. The number of nitro benzene ring substituents is 1. The number of Topliss-reactive ketones (excluding diaryl/α,β-unsaturated/α-hetero) is 1. The number of ketones is 1. The van der Waals surface area contributed by atoms with Crippen LogP contribution in [-0.2, 0) is 9.59 Å². The summed E-state index contributed by atoms with van der Waals surface area (Å²) in [6, 6.07) is 16.9. The summed E-state index contributed by atoms with van der Waals surface area (Å²) in [4.78, 5) is 55.8. The maximum atomic E-state index is 14.0. The number of benzene rings is 3. The van der Waals surface area contributed by atoms with Gasteiger partial charge in [0, 0.05) is 23.9 Å². The van der Waals surface area contributed by atoms with E-state index in [1.807, 2.05) is 35.2 Å². The number of ether oxygens (including phenoxy) is 1. The highest BCUT2D eigenvalue weighted by Gasteiger charge is 2.64.